The number of carbonyl (C=O) groups is 2. The van der Waals surface area contributed by atoms with Gasteiger partial charge >= 0.3 is 11.9 Å². The third-order valence-corrected chi connectivity index (χ3v) is 4.64. The first-order valence-electron chi connectivity index (χ1n) is 9.55. The van der Waals surface area contributed by atoms with Gasteiger partial charge in [-0.25, -0.2) is 9.59 Å². The summed E-state index contributed by atoms with van der Waals surface area (Å²) >= 11 is 0. The topological polar surface area (TPSA) is 63.6 Å². The van der Waals surface area contributed by atoms with Gasteiger partial charge in [0.1, 0.15) is 5.60 Å². The number of aromatic carboxylic acids is 1. The van der Waals surface area contributed by atoms with Gasteiger partial charge in [0.2, 0.25) is 0 Å². The lowest BCUT2D eigenvalue weighted by Gasteiger charge is -2.34. The van der Waals surface area contributed by atoms with Crippen LogP contribution in [0.15, 0.2) is 24.3 Å². The maximum atomic E-state index is 12.8. The number of benzene rings is 1. The molecule has 1 aromatic rings. The van der Waals surface area contributed by atoms with E-state index in [-0.39, 0.29) is 11.1 Å². The highest BCUT2D eigenvalue weighted by atomic mass is 16.6. The normalized spacial score (nSPS) is 11.3. The Bertz CT molecular complexity index is 529. The van der Waals surface area contributed by atoms with Crippen LogP contribution in [0.4, 0.5) is 0 Å². The molecule has 0 saturated heterocycles. The predicted octanol–water partition coefficient (Wildman–Crippen LogP) is 5.85. The van der Waals surface area contributed by atoms with Crippen LogP contribution in [0.1, 0.15) is 99.3 Å². The van der Waals surface area contributed by atoms with Crippen LogP contribution in [0.25, 0.3) is 0 Å². The summed E-state index contributed by atoms with van der Waals surface area (Å²) in [6.45, 7) is 6.39. The number of carbonyl (C=O) groups excluding carboxylic acids is 1. The van der Waals surface area contributed by atoms with Gasteiger partial charge < -0.3 is 9.84 Å². The Hall–Kier alpha value is -1.84. The van der Waals surface area contributed by atoms with Crippen LogP contribution < -0.4 is 0 Å². The van der Waals surface area contributed by atoms with E-state index in [1.54, 1.807) is 12.1 Å². The minimum atomic E-state index is -1.10. The standard InChI is InChI=1S/C21H32O4/c1-4-7-14-21(15-8-5-2,16-9-6-3)25-20(24)18-13-11-10-12-17(18)19(22)23/h10-13H,4-9,14-16H2,1-3H3,(H,22,23). The number of ether oxygens (including phenoxy) is 1. The molecule has 4 heteroatoms. The maximum Gasteiger partial charge on any atom is 0.339 e. The van der Waals surface area contributed by atoms with Gasteiger partial charge in [0, 0.05) is 0 Å². The van der Waals surface area contributed by atoms with Crippen LogP contribution in [0.3, 0.4) is 0 Å². The zero-order chi connectivity index (χ0) is 18.7. The van der Waals surface area contributed by atoms with E-state index >= 15 is 0 Å². The van der Waals surface area contributed by atoms with Crippen LogP contribution in [0, 0.1) is 0 Å². The molecule has 0 fully saturated rings. The van der Waals surface area contributed by atoms with Crippen LogP contribution in [-0.2, 0) is 4.74 Å². The van der Waals surface area contributed by atoms with Gasteiger partial charge in [-0.15, -0.1) is 0 Å². The fourth-order valence-electron chi connectivity index (χ4n) is 3.12. The second kappa shape index (κ2) is 10.9. The SMILES string of the molecule is CCCCC(CCCC)(CCCC)OC(=O)c1ccccc1C(=O)O. The largest absolute Gasteiger partial charge is 0.478 e. The van der Waals surface area contributed by atoms with Gasteiger partial charge in [0.05, 0.1) is 11.1 Å². The zero-order valence-corrected chi connectivity index (χ0v) is 15.8. The van der Waals surface area contributed by atoms with Gasteiger partial charge in [0.25, 0.3) is 0 Å². The van der Waals surface area contributed by atoms with Crippen molar-refractivity contribution in [3.63, 3.8) is 0 Å². The summed E-state index contributed by atoms with van der Waals surface area (Å²) in [5.74, 6) is -1.62. The van der Waals surface area contributed by atoms with Crippen molar-refractivity contribution in [2.45, 2.75) is 84.2 Å². The second-order valence-electron chi connectivity index (χ2n) is 6.73. The van der Waals surface area contributed by atoms with E-state index in [1.807, 2.05) is 0 Å². The molecular weight excluding hydrogens is 316 g/mol. The number of esters is 1. The highest BCUT2D eigenvalue weighted by molar-refractivity contribution is 6.02. The number of carboxylic acids is 1. The summed E-state index contributed by atoms with van der Waals surface area (Å²) in [5, 5.41) is 9.33. The highest BCUT2D eigenvalue weighted by Crippen LogP contribution is 2.33. The number of rotatable bonds is 12. The van der Waals surface area contributed by atoms with Crippen LogP contribution >= 0.6 is 0 Å². The van der Waals surface area contributed by atoms with Gasteiger partial charge in [-0.3, -0.25) is 0 Å². The Labute approximate surface area is 151 Å². The Kier molecular flexibility index (Phi) is 9.25. The minimum Gasteiger partial charge on any atom is -0.478 e. The second-order valence-corrected chi connectivity index (χ2v) is 6.73. The fourth-order valence-corrected chi connectivity index (χ4v) is 3.12. The van der Waals surface area contributed by atoms with Crippen molar-refractivity contribution in [2.75, 3.05) is 0 Å². The lowest BCUT2D eigenvalue weighted by atomic mass is 9.85. The van der Waals surface area contributed by atoms with Crippen molar-refractivity contribution < 1.29 is 19.4 Å². The first-order valence-corrected chi connectivity index (χ1v) is 9.55. The molecular formula is C21H32O4. The molecule has 0 spiro atoms. The van der Waals surface area contributed by atoms with Crippen LogP contribution in [-0.4, -0.2) is 22.6 Å². The molecule has 0 bridgehead atoms. The quantitative estimate of drug-likeness (QED) is 0.481. The van der Waals surface area contributed by atoms with Crippen molar-refractivity contribution in [3.8, 4) is 0 Å². The fraction of sp³-hybridized carbons (Fsp3) is 0.619. The monoisotopic (exact) mass is 348 g/mol. The number of carboxylic acid groups (broad SMARTS) is 1. The molecule has 25 heavy (non-hydrogen) atoms. The van der Waals surface area contributed by atoms with Gasteiger partial charge in [-0.2, -0.15) is 0 Å². The molecule has 0 saturated carbocycles. The minimum absolute atomic E-state index is 0.00266. The Morgan fingerprint density at radius 3 is 1.72 bits per heavy atom. The first-order chi connectivity index (χ1) is 12.0. The molecule has 0 atom stereocenters. The van der Waals surface area contributed by atoms with Crippen molar-refractivity contribution in [1.82, 2.24) is 0 Å². The van der Waals surface area contributed by atoms with Gasteiger partial charge in [0.15, 0.2) is 0 Å². The molecule has 1 N–H and O–H groups in total. The Morgan fingerprint density at radius 2 is 1.32 bits per heavy atom. The molecule has 0 aliphatic carbocycles. The predicted molar refractivity (Wildman–Crippen MR) is 100 cm³/mol. The van der Waals surface area contributed by atoms with E-state index in [2.05, 4.69) is 20.8 Å². The lowest BCUT2D eigenvalue weighted by molar-refractivity contribution is -0.0356. The van der Waals surface area contributed by atoms with Crippen LogP contribution in [0.2, 0.25) is 0 Å². The maximum absolute atomic E-state index is 12.8. The summed E-state index contributed by atoms with van der Waals surface area (Å²) in [7, 11) is 0. The molecule has 0 aliphatic rings. The van der Waals surface area contributed by atoms with Gasteiger partial charge in [-0.1, -0.05) is 52.2 Å². The molecule has 0 unspecified atom stereocenters. The number of hydrogen-bond donors (Lipinski definition) is 1. The van der Waals surface area contributed by atoms with Crippen molar-refractivity contribution in [1.29, 1.82) is 0 Å². The third-order valence-electron chi connectivity index (χ3n) is 4.64. The molecule has 0 aromatic heterocycles. The van der Waals surface area contributed by atoms with E-state index in [9.17, 15) is 14.7 Å². The van der Waals surface area contributed by atoms with E-state index in [4.69, 9.17) is 4.74 Å². The molecule has 1 rings (SSSR count). The molecule has 140 valence electrons. The molecule has 1 aromatic carbocycles. The van der Waals surface area contributed by atoms with Crippen molar-refractivity contribution in [3.05, 3.63) is 35.4 Å². The summed E-state index contributed by atoms with van der Waals surface area (Å²) in [4.78, 5) is 24.2. The summed E-state index contributed by atoms with van der Waals surface area (Å²) in [5.41, 5.74) is -0.336. The summed E-state index contributed by atoms with van der Waals surface area (Å²) < 4.78 is 6.02. The van der Waals surface area contributed by atoms with Crippen molar-refractivity contribution >= 4 is 11.9 Å². The average Bonchev–Trinajstić information content (AvgIpc) is 2.62. The third kappa shape index (κ3) is 6.52. The highest BCUT2D eigenvalue weighted by Gasteiger charge is 2.34. The zero-order valence-electron chi connectivity index (χ0n) is 15.8. The molecule has 0 heterocycles. The van der Waals surface area contributed by atoms with E-state index in [1.165, 1.54) is 12.1 Å². The first kappa shape index (κ1) is 21.2. The summed E-state index contributed by atoms with van der Waals surface area (Å²) in [6, 6.07) is 6.29. The van der Waals surface area contributed by atoms with E-state index in [0.29, 0.717) is 0 Å². The molecule has 0 aliphatic heterocycles. The number of unbranched alkanes of at least 4 members (excludes halogenated alkanes) is 3. The average molecular weight is 348 g/mol. The lowest BCUT2D eigenvalue weighted by Crippen LogP contribution is -2.36. The van der Waals surface area contributed by atoms with E-state index in [0.717, 1.165) is 57.8 Å². The molecule has 0 radical (unpaired) electrons. The van der Waals surface area contributed by atoms with Gasteiger partial charge in [-0.05, 0) is 50.7 Å². The Morgan fingerprint density at radius 1 is 0.880 bits per heavy atom. The Balaban J connectivity index is 3.08. The molecule has 4 nitrogen and oxygen atoms in total. The number of hydrogen-bond acceptors (Lipinski definition) is 3. The van der Waals surface area contributed by atoms with Crippen LogP contribution in [0.5, 0.6) is 0 Å². The molecule has 0 amide bonds. The summed E-state index contributed by atoms with van der Waals surface area (Å²) in [6.07, 6.45) is 8.65. The smallest absolute Gasteiger partial charge is 0.339 e. The van der Waals surface area contributed by atoms with Crippen molar-refractivity contribution in [2.24, 2.45) is 0 Å². The van der Waals surface area contributed by atoms with E-state index < -0.39 is 17.5 Å².